The Hall–Kier alpha value is -3.36. The zero-order valence-electron chi connectivity index (χ0n) is 21.9. The molecule has 1 aromatic heterocycles. The number of carbonyl (C=O) groups is 3. The minimum atomic E-state index is -0.778. The molecule has 38 heavy (non-hydrogen) atoms. The van der Waals surface area contributed by atoms with Gasteiger partial charge < -0.3 is 20.1 Å². The number of rotatable bonds is 8. The van der Waals surface area contributed by atoms with Gasteiger partial charge in [0.25, 0.3) is 11.8 Å². The molecule has 0 radical (unpaired) electrons. The number of hydrogen-bond acceptors (Lipinski definition) is 6. The van der Waals surface area contributed by atoms with Crippen LogP contribution in [-0.2, 0) is 22.4 Å². The summed E-state index contributed by atoms with van der Waals surface area (Å²) in [7, 11) is 0. The van der Waals surface area contributed by atoms with Crippen LogP contribution in [0.25, 0.3) is 0 Å². The molecule has 0 unspecified atom stereocenters. The molecule has 0 spiro atoms. The van der Waals surface area contributed by atoms with E-state index in [4.69, 9.17) is 21.1 Å². The lowest BCUT2D eigenvalue weighted by Gasteiger charge is -2.18. The smallest absolute Gasteiger partial charge is 0.341 e. The third kappa shape index (κ3) is 6.19. The maximum Gasteiger partial charge on any atom is 0.341 e. The number of esters is 1. The van der Waals surface area contributed by atoms with Crippen molar-refractivity contribution in [2.24, 2.45) is 5.92 Å². The lowest BCUT2D eigenvalue weighted by Crippen LogP contribution is -2.30. The van der Waals surface area contributed by atoms with E-state index in [-0.39, 0.29) is 18.4 Å². The highest BCUT2D eigenvalue weighted by atomic mass is 35.5. The first-order valence-corrected chi connectivity index (χ1v) is 13.8. The van der Waals surface area contributed by atoms with E-state index in [1.165, 1.54) is 11.3 Å². The van der Waals surface area contributed by atoms with Crippen LogP contribution >= 0.6 is 22.9 Å². The fourth-order valence-corrected chi connectivity index (χ4v) is 5.92. The first kappa shape index (κ1) is 27.7. The lowest BCUT2D eigenvalue weighted by atomic mass is 9.88. The van der Waals surface area contributed by atoms with E-state index in [0.29, 0.717) is 38.5 Å². The minimum absolute atomic E-state index is 0.268. The van der Waals surface area contributed by atoms with E-state index in [0.717, 1.165) is 35.3 Å². The van der Waals surface area contributed by atoms with Gasteiger partial charge in [-0.15, -0.1) is 11.3 Å². The predicted molar refractivity (Wildman–Crippen MR) is 151 cm³/mol. The van der Waals surface area contributed by atoms with Crippen molar-refractivity contribution in [2.45, 2.75) is 53.1 Å². The molecule has 200 valence electrons. The number of benzene rings is 2. The fourth-order valence-electron chi connectivity index (χ4n) is 4.35. The van der Waals surface area contributed by atoms with Crippen LogP contribution < -0.4 is 15.4 Å². The minimum Gasteiger partial charge on any atom is -0.481 e. The molecule has 3 aromatic rings. The van der Waals surface area contributed by atoms with Crippen molar-refractivity contribution in [1.82, 2.24) is 0 Å². The van der Waals surface area contributed by atoms with Crippen LogP contribution in [0, 0.1) is 12.8 Å². The van der Waals surface area contributed by atoms with Gasteiger partial charge in [0, 0.05) is 21.2 Å². The molecule has 0 aliphatic heterocycles. The molecular formula is C29H31ClN2O5S. The first-order valence-electron chi connectivity index (χ1n) is 12.6. The van der Waals surface area contributed by atoms with Crippen LogP contribution in [0.5, 0.6) is 5.75 Å². The first-order chi connectivity index (χ1) is 18.2. The number of ether oxygens (including phenoxy) is 2. The number of carbonyl (C=O) groups excluding carboxylic acids is 3. The Labute approximate surface area is 231 Å². The van der Waals surface area contributed by atoms with Gasteiger partial charge in [-0.2, -0.15) is 0 Å². The molecule has 2 amide bonds. The quantitative estimate of drug-likeness (QED) is 0.303. The highest BCUT2D eigenvalue weighted by Crippen LogP contribution is 2.40. The van der Waals surface area contributed by atoms with Crippen molar-refractivity contribution in [3.63, 3.8) is 0 Å². The average Bonchev–Trinajstić information content (AvgIpc) is 3.24. The van der Waals surface area contributed by atoms with Gasteiger partial charge in [0.05, 0.1) is 12.2 Å². The molecule has 2 N–H and O–H groups in total. The second-order valence-electron chi connectivity index (χ2n) is 9.42. The molecule has 1 heterocycles. The van der Waals surface area contributed by atoms with Gasteiger partial charge in [-0.25, -0.2) is 4.79 Å². The van der Waals surface area contributed by atoms with E-state index >= 15 is 0 Å². The zero-order chi connectivity index (χ0) is 27.4. The van der Waals surface area contributed by atoms with E-state index in [1.807, 2.05) is 6.92 Å². The van der Waals surface area contributed by atoms with Crippen molar-refractivity contribution in [3.05, 3.63) is 74.6 Å². The molecule has 1 aliphatic carbocycles. The third-order valence-corrected chi connectivity index (χ3v) is 8.12. The number of fused-ring (bicyclic) bond motifs is 1. The van der Waals surface area contributed by atoms with Crippen molar-refractivity contribution < 1.29 is 23.9 Å². The fraction of sp³-hybridized carbons (Fsp3) is 0.345. The SMILES string of the molecule is CCOC(=O)c1c(NC(=O)c2ccc(O[C@@H](C)C(=O)Nc3cccc(Cl)c3C)cc2)sc2c1CC[C@H](C)C2. The number of anilines is 2. The Morgan fingerprint density at radius 2 is 1.87 bits per heavy atom. The predicted octanol–water partition coefficient (Wildman–Crippen LogP) is 6.67. The lowest BCUT2D eigenvalue weighted by molar-refractivity contribution is -0.122. The maximum absolute atomic E-state index is 13.1. The van der Waals surface area contributed by atoms with E-state index < -0.39 is 12.1 Å². The normalized spacial score (nSPS) is 15.2. The number of thiophene rings is 1. The van der Waals surface area contributed by atoms with Crippen molar-refractivity contribution in [3.8, 4) is 5.75 Å². The summed E-state index contributed by atoms with van der Waals surface area (Å²) in [6, 6.07) is 11.8. The topological polar surface area (TPSA) is 93.7 Å². The highest BCUT2D eigenvalue weighted by molar-refractivity contribution is 7.17. The van der Waals surface area contributed by atoms with E-state index in [2.05, 4.69) is 17.6 Å². The third-order valence-electron chi connectivity index (χ3n) is 6.54. The Balaban J connectivity index is 1.43. The van der Waals surface area contributed by atoms with Crippen molar-refractivity contribution in [1.29, 1.82) is 0 Å². The summed E-state index contributed by atoms with van der Waals surface area (Å²) in [5, 5.41) is 6.83. The standard InChI is InChI=1S/C29H31ClN2O5S/c1-5-36-29(35)25-21-14-9-16(2)15-24(21)38-28(25)32-27(34)19-10-12-20(13-11-19)37-18(4)26(33)31-23-8-6-7-22(30)17(23)3/h6-8,10-13,16,18H,5,9,14-15H2,1-4H3,(H,31,33)(H,32,34)/t16-,18-/m0/s1. The summed E-state index contributed by atoms with van der Waals surface area (Å²) in [5.74, 6) is -0.0828. The summed E-state index contributed by atoms with van der Waals surface area (Å²) >= 11 is 7.58. The summed E-state index contributed by atoms with van der Waals surface area (Å²) in [5.41, 5.74) is 3.26. The molecule has 2 atom stereocenters. The molecule has 4 rings (SSSR count). The molecule has 0 fully saturated rings. The molecule has 9 heteroatoms. The summed E-state index contributed by atoms with van der Waals surface area (Å²) in [4.78, 5) is 39.5. The second kappa shape index (κ2) is 12.0. The Kier molecular flexibility index (Phi) is 8.74. The number of hydrogen-bond donors (Lipinski definition) is 2. The Morgan fingerprint density at radius 3 is 2.58 bits per heavy atom. The monoisotopic (exact) mass is 554 g/mol. The van der Waals surface area contributed by atoms with Gasteiger partial charge in [-0.05, 0) is 93.5 Å². The van der Waals surface area contributed by atoms with Crippen LogP contribution in [0.4, 0.5) is 10.7 Å². The molecular weight excluding hydrogens is 524 g/mol. The summed E-state index contributed by atoms with van der Waals surface area (Å²) < 4.78 is 11.1. The molecule has 2 aromatic carbocycles. The maximum atomic E-state index is 13.1. The van der Waals surface area contributed by atoms with Gasteiger partial charge >= 0.3 is 5.97 Å². The van der Waals surface area contributed by atoms with Crippen LogP contribution in [0.2, 0.25) is 5.02 Å². The van der Waals surface area contributed by atoms with E-state index in [1.54, 1.807) is 56.3 Å². The van der Waals surface area contributed by atoms with Gasteiger partial charge in [-0.3, -0.25) is 9.59 Å². The molecule has 7 nitrogen and oxygen atoms in total. The molecule has 0 saturated heterocycles. The largest absolute Gasteiger partial charge is 0.481 e. The number of nitrogens with one attached hydrogen (secondary N) is 2. The van der Waals surface area contributed by atoms with Gasteiger partial charge in [0.2, 0.25) is 0 Å². The van der Waals surface area contributed by atoms with Crippen LogP contribution in [0.1, 0.15) is 63.9 Å². The molecule has 1 aliphatic rings. The number of amides is 2. The molecule has 0 bridgehead atoms. The van der Waals surface area contributed by atoms with Gasteiger partial charge in [0.1, 0.15) is 10.8 Å². The van der Waals surface area contributed by atoms with Gasteiger partial charge in [0.15, 0.2) is 6.10 Å². The Morgan fingerprint density at radius 1 is 1.13 bits per heavy atom. The Bertz CT molecular complexity index is 1350. The van der Waals surface area contributed by atoms with Crippen molar-refractivity contribution in [2.75, 3.05) is 17.2 Å². The number of halogens is 1. The molecule has 0 saturated carbocycles. The summed E-state index contributed by atoms with van der Waals surface area (Å²) in [6.07, 6.45) is 1.91. The van der Waals surface area contributed by atoms with Crippen molar-refractivity contribution >= 4 is 51.4 Å². The second-order valence-corrected chi connectivity index (χ2v) is 10.9. The van der Waals surface area contributed by atoms with Crippen LogP contribution in [0.15, 0.2) is 42.5 Å². The van der Waals surface area contributed by atoms with E-state index in [9.17, 15) is 14.4 Å². The highest BCUT2D eigenvalue weighted by Gasteiger charge is 2.29. The van der Waals surface area contributed by atoms with Gasteiger partial charge in [-0.1, -0.05) is 24.6 Å². The average molecular weight is 555 g/mol. The van der Waals surface area contributed by atoms with Crippen LogP contribution in [0.3, 0.4) is 0 Å². The zero-order valence-corrected chi connectivity index (χ0v) is 23.4. The van der Waals surface area contributed by atoms with Crippen LogP contribution in [-0.4, -0.2) is 30.5 Å². The summed E-state index contributed by atoms with van der Waals surface area (Å²) in [6.45, 7) is 7.70.